The molecular formula is C16H22N4. The Hall–Kier alpha value is -2.10. The molecule has 20 heavy (non-hydrogen) atoms. The summed E-state index contributed by atoms with van der Waals surface area (Å²) < 4.78 is 0. The number of benzene rings is 1. The molecule has 1 aromatic carbocycles. The van der Waals surface area contributed by atoms with E-state index in [1.54, 1.807) is 6.07 Å². The second-order valence-electron chi connectivity index (χ2n) is 5.83. The summed E-state index contributed by atoms with van der Waals surface area (Å²) in [6.45, 7) is 6.67. The first kappa shape index (κ1) is 14.3. The third-order valence-electron chi connectivity index (χ3n) is 3.45. The SMILES string of the molecule is CC(CC(C)(C)c1ccccc1)Nc1cc(N)ncn1. The second-order valence-corrected chi connectivity index (χ2v) is 5.83. The van der Waals surface area contributed by atoms with Gasteiger partial charge in [0, 0.05) is 12.1 Å². The lowest BCUT2D eigenvalue weighted by Crippen LogP contribution is -2.28. The van der Waals surface area contributed by atoms with Crippen molar-refractivity contribution in [2.75, 3.05) is 11.1 Å². The summed E-state index contributed by atoms with van der Waals surface area (Å²) in [5, 5.41) is 3.38. The Morgan fingerprint density at radius 2 is 1.90 bits per heavy atom. The molecule has 2 rings (SSSR count). The molecule has 1 unspecified atom stereocenters. The first-order chi connectivity index (χ1) is 9.47. The lowest BCUT2D eigenvalue weighted by Gasteiger charge is -2.29. The van der Waals surface area contributed by atoms with Gasteiger partial charge in [0.25, 0.3) is 0 Å². The smallest absolute Gasteiger partial charge is 0.131 e. The van der Waals surface area contributed by atoms with E-state index in [-0.39, 0.29) is 5.41 Å². The maximum Gasteiger partial charge on any atom is 0.131 e. The standard InChI is InChI=1S/C16H22N4/c1-12(20-15-9-14(17)18-11-19-15)10-16(2,3)13-7-5-4-6-8-13/h4-9,11-12H,10H2,1-3H3,(H3,17,18,19,20). The Labute approximate surface area is 120 Å². The molecule has 0 aliphatic heterocycles. The lowest BCUT2D eigenvalue weighted by atomic mass is 9.79. The molecule has 1 heterocycles. The third-order valence-corrected chi connectivity index (χ3v) is 3.45. The van der Waals surface area contributed by atoms with Crippen molar-refractivity contribution in [3.05, 3.63) is 48.3 Å². The first-order valence-electron chi connectivity index (χ1n) is 6.87. The van der Waals surface area contributed by atoms with Crippen LogP contribution in [0.4, 0.5) is 11.6 Å². The van der Waals surface area contributed by atoms with Gasteiger partial charge in [-0.2, -0.15) is 0 Å². The van der Waals surface area contributed by atoms with Crippen LogP contribution in [-0.4, -0.2) is 16.0 Å². The van der Waals surface area contributed by atoms with Crippen molar-refractivity contribution in [2.45, 2.75) is 38.6 Å². The highest BCUT2D eigenvalue weighted by molar-refractivity contribution is 5.44. The number of nitrogens with two attached hydrogens (primary N) is 1. The fraction of sp³-hybridized carbons (Fsp3) is 0.375. The predicted molar refractivity (Wildman–Crippen MR) is 83.6 cm³/mol. The molecule has 0 fully saturated rings. The highest BCUT2D eigenvalue weighted by atomic mass is 15.0. The van der Waals surface area contributed by atoms with Crippen LogP contribution in [-0.2, 0) is 5.41 Å². The Bertz CT molecular complexity index is 551. The summed E-state index contributed by atoms with van der Waals surface area (Å²) in [6, 6.07) is 12.6. The van der Waals surface area contributed by atoms with Gasteiger partial charge in [-0.15, -0.1) is 0 Å². The summed E-state index contributed by atoms with van der Waals surface area (Å²) in [4.78, 5) is 8.08. The van der Waals surface area contributed by atoms with E-state index in [2.05, 4.69) is 60.3 Å². The quantitative estimate of drug-likeness (QED) is 0.875. The number of aromatic nitrogens is 2. The van der Waals surface area contributed by atoms with Gasteiger partial charge in [0.15, 0.2) is 0 Å². The summed E-state index contributed by atoms with van der Waals surface area (Å²) in [5.41, 5.74) is 7.11. The average molecular weight is 270 g/mol. The van der Waals surface area contributed by atoms with E-state index >= 15 is 0 Å². The Kier molecular flexibility index (Phi) is 4.23. The normalized spacial score (nSPS) is 12.9. The molecule has 4 nitrogen and oxygen atoms in total. The minimum absolute atomic E-state index is 0.103. The van der Waals surface area contributed by atoms with Crippen molar-refractivity contribution in [3.63, 3.8) is 0 Å². The van der Waals surface area contributed by atoms with E-state index in [1.165, 1.54) is 11.9 Å². The number of nitrogens with zero attached hydrogens (tertiary/aromatic N) is 2. The van der Waals surface area contributed by atoms with Crippen LogP contribution in [0.5, 0.6) is 0 Å². The molecule has 0 spiro atoms. The molecule has 2 aromatic rings. The Balaban J connectivity index is 2.02. The molecule has 0 bridgehead atoms. The molecule has 3 N–H and O–H groups in total. The Morgan fingerprint density at radius 1 is 1.20 bits per heavy atom. The number of anilines is 2. The van der Waals surface area contributed by atoms with Gasteiger partial charge in [-0.25, -0.2) is 9.97 Å². The molecule has 0 amide bonds. The number of hydrogen-bond acceptors (Lipinski definition) is 4. The summed E-state index contributed by atoms with van der Waals surface area (Å²) in [6.07, 6.45) is 2.48. The monoisotopic (exact) mass is 270 g/mol. The molecule has 0 aliphatic carbocycles. The van der Waals surface area contributed by atoms with Crippen LogP contribution < -0.4 is 11.1 Å². The van der Waals surface area contributed by atoms with Crippen LogP contribution >= 0.6 is 0 Å². The molecule has 0 saturated heterocycles. The minimum atomic E-state index is 0.103. The lowest BCUT2D eigenvalue weighted by molar-refractivity contribution is 0.450. The van der Waals surface area contributed by atoms with E-state index in [9.17, 15) is 0 Å². The molecule has 1 atom stereocenters. The minimum Gasteiger partial charge on any atom is -0.384 e. The van der Waals surface area contributed by atoms with Crippen LogP contribution in [0.25, 0.3) is 0 Å². The highest BCUT2D eigenvalue weighted by Crippen LogP contribution is 2.28. The van der Waals surface area contributed by atoms with Crippen LogP contribution in [0.15, 0.2) is 42.7 Å². The number of nitrogen functional groups attached to an aromatic ring is 1. The highest BCUT2D eigenvalue weighted by Gasteiger charge is 2.23. The average Bonchev–Trinajstić information content (AvgIpc) is 2.39. The first-order valence-corrected chi connectivity index (χ1v) is 6.87. The maximum atomic E-state index is 5.66. The molecule has 106 valence electrons. The van der Waals surface area contributed by atoms with Crippen LogP contribution in [0.2, 0.25) is 0 Å². The Morgan fingerprint density at radius 3 is 2.55 bits per heavy atom. The number of nitrogens with one attached hydrogen (secondary N) is 1. The van der Waals surface area contributed by atoms with Gasteiger partial charge in [-0.1, -0.05) is 44.2 Å². The van der Waals surface area contributed by atoms with Gasteiger partial charge in [-0.05, 0) is 24.3 Å². The molecule has 1 aromatic heterocycles. The summed E-state index contributed by atoms with van der Waals surface area (Å²) >= 11 is 0. The second kappa shape index (κ2) is 5.90. The third kappa shape index (κ3) is 3.70. The summed E-state index contributed by atoms with van der Waals surface area (Å²) in [5.74, 6) is 1.26. The van der Waals surface area contributed by atoms with Crippen molar-refractivity contribution < 1.29 is 0 Å². The molecule has 4 heteroatoms. The van der Waals surface area contributed by atoms with Crippen LogP contribution in [0.3, 0.4) is 0 Å². The van der Waals surface area contributed by atoms with Crippen LogP contribution in [0.1, 0.15) is 32.8 Å². The molecule has 0 saturated carbocycles. The van der Waals surface area contributed by atoms with Crippen LogP contribution in [0, 0.1) is 0 Å². The van der Waals surface area contributed by atoms with E-state index in [0.29, 0.717) is 11.9 Å². The van der Waals surface area contributed by atoms with E-state index in [1.807, 2.05) is 6.07 Å². The van der Waals surface area contributed by atoms with Crippen molar-refractivity contribution in [1.29, 1.82) is 0 Å². The fourth-order valence-corrected chi connectivity index (χ4v) is 2.53. The number of hydrogen-bond donors (Lipinski definition) is 2. The van der Waals surface area contributed by atoms with E-state index < -0.39 is 0 Å². The van der Waals surface area contributed by atoms with Crippen molar-refractivity contribution >= 4 is 11.6 Å². The fourth-order valence-electron chi connectivity index (χ4n) is 2.53. The van der Waals surface area contributed by atoms with Crippen molar-refractivity contribution in [1.82, 2.24) is 9.97 Å². The zero-order valence-electron chi connectivity index (χ0n) is 12.3. The van der Waals surface area contributed by atoms with Crippen molar-refractivity contribution in [2.24, 2.45) is 0 Å². The summed E-state index contributed by atoms with van der Waals surface area (Å²) in [7, 11) is 0. The zero-order chi connectivity index (χ0) is 14.6. The van der Waals surface area contributed by atoms with Gasteiger partial charge in [0.05, 0.1) is 0 Å². The maximum absolute atomic E-state index is 5.66. The molecule has 0 aliphatic rings. The van der Waals surface area contributed by atoms with Gasteiger partial charge >= 0.3 is 0 Å². The van der Waals surface area contributed by atoms with Gasteiger partial charge in [-0.3, -0.25) is 0 Å². The van der Waals surface area contributed by atoms with Gasteiger partial charge < -0.3 is 11.1 Å². The zero-order valence-corrected chi connectivity index (χ0v) is 12.3. The largest absolute Gasteiger partial charge is 0.384 e. The van der Waals surface area contributed by atoms with E-state index in [4.69, 9.17) is 5.73 Å². The molecular weight excluding hydrogens is 248 g/mol. The van der Waals surface area contributed by atoms with Crippen molar-refractivity contribution in [3.8, 4) is 0 Å². The van der Waals surface area contributed by atoms with Gasteiger partial charge in [0.2, 0.25) is 0 Å². The van der Waals surface area contributed by atoms with Gasteiger partial charge in [0.1, 0.15) is 18.0 Å². The van der Waals surface area contributed by atoms with E-state index in [0.717, 1.165) is 12.2 Å². The predicted octanol–water partition coefficient (Wildman–Crippen LogP) is 3.23. The molecule has 0 radical (unpaired) electrons. The number of rotatable bonds is 5. The topological polar surface area (TPSA) is 63.8 Å².